The van der Waals surface area contributed by atoms with Gasteiger partial charge in [0.25, 0.3) is 0 Å². The first-order chi connectivity index (χ1) is 7.54. The maximum atomic E-state index is 11.5. The fraction of sp³-hybridized carbons (Fsp3) is 0.917. The van der Waals surface area contributed by atoms with Crippen LogP contribution >= 0.6 is 0 Å². The summed E-state index contributed by atoms with van der Waals surface area (Å²) in [5, 5.41) is 12.8. The van der Waals surface area contributed by atoms with Crippen LogP contribution < -0.4 is 5.32 Å². The van der Waals surface area contributed by atoms with Crippen LogP contribution in [0.25, 0.3) is 0 Å². The maximum absolute atomic E-state index is 11.5. The first-order valence-electron chi connectivity index (χ1n) is 6.17. The van der Waals surface area contributed by atoms with Crippen LogP contribution in [-0.4, -0.2) is 35.4 Å². The van der Waals surface area contributed by atoms with Gasteiger partial charge >= 0.3 is 5.97 Å². The largest absolute Gasteiger partial charge is 0.480 e. The summed E-state index contributed by atoms with van der Waals surface area (Å²) < 4.78 is 5.56. The molecule has 1 atom stereocenters. The van der Waals surface area contributed by atoms with Crippen LogP contribution in [0.4, 0.5) is 0 Å². The van der Waals surface area contributed by atoms with E-state index in [0.29, 0.717) is 12.6 Å². The third kappa shape index (κ3) is 2.55. The first-order valence-corrected chi connectivity index (χ1v) is 6.17. The number of hydrogen-bond acceptors (Lipinski definition) is 3. The summed E-state index contributed by atoms with van der Waals surface area (Å²) >= 11 is 0. The lowest BCUT2D eigenvalue weighted by Crippen LogP contribution is -2.58. The lowest BCUT2D eigenvalue weighted by Gasteiger charge is -2.31. The minimum Gasteiger partial charge on any atom is -0.480 e. The van der Waals surface area contributed by atoms with Crippen molar-refractivity contribution >= 4 is 5.97 Å². The third-order valence-corrected chi connectivity index (χ3v) is 3.34. The van der Waals surface area contributed by atoms with Gasteiger partial charge in [0, 0.05) is 6.04 Å². The zero-order valence-electron chi connectivity index (χ0n) is 10.0. The monoisotopic (exact) mass is 227 g/mol. The summed E-state index contributed by atoms with van der Waals surface area (Å²) in [6.07, 6.45) is 4.30. The number of aliphatic carboxylic acids is 1. The van der Waals surface area contributed by atoms with Crippen LogP contribution in [-0.2, 0) is 9.53 Å². The van der Waals surface area contributed by atoms with Crippen LogP contribution in [0.1, 0.15) is 39.5 Å². The fourth-order valence-corrected chi connectivity index (χ4v) is 2.04. The Kier molecular flexibility index (Phi) is 3.22. The van der Waals surface area contributed by atoms with E-state index in [9.17, 15) is 9.90 Å². The smallest absolute Gasteiger partial charge is 0.326 e. The van der Waals surface area contributed by atoms with E-state index >= 15 is 0 Å². The molecule has 1 unspecified atom stereocenters. The topological polar surface area (TPSA) is 58.6 Å². The van der Waals surface area contributed by atoms with Crippen molar-refractivity contribution in [2.24, 2.45) is 5.92 Å². The maximum Gasteiger partial charge on any atom is 0.326 e. The second-order valence-corrected chi connectivity index (χ2v) is 5.33. The molecular formula is C12H21NO3. The van der Waals surface area contributed by atoms with Crippen molar-refractivity contribution in [1.29, 1.82) is 0 Å². The highest BCUT2D eigenvalue weighted by Crippen LogP contribution is 2.42. The summed E-state index contributed by atoms with van der Waals surface area (Å²) in [4.78, 5) is 11.5. The number of nitrogens with one attached hydrogen (secondary N) is 1. The van der Waals surface area contributed by atoms with Gasteiger partial charge in [-0.25, -0.2) is 0 Å². The number of carboxylic acid groups (broad SMARTS) is 1. The van der Waals surface area contributed by atoms with Gasteiger partial charge in [0.1, 0.15) is 5.54 Å². The molecule has 4 nitrogen and oxygen atoms in total. The molecular weight excluding hydrogens is 206 g/mol. The summed E-state index contributed by atoms with van der Waals surface area (Å²) in [5.74, 6) is -0.494. The predicted molar refractivity (Wildman–Crippen MR) is 60.3 cm³/mol. The van der Waals surface area contributed by atoms with E-state index in [0.717, 1.165) is 25.7 Å². The van der Waals surface area contributed by atoms with Crippen molar-refractivity contribution in [3.05, 3.63) is 0 Å². The van der Waals surface area contributed by atoms with Gasteiger partial charge in [0.2, 0.25) is 0 Å². The zero-order valence-corrected chi connectivity index (χ0v) is 10.0. The van der Waals surface area contributed by atoms with Crippen LogP contribution in [0.5, 0.6) is 0 Å². The molecule has 0 radical (unpaired) electrons. The van der Waals surface area contributed by atoms with Crippen molar-refractivity contribution in [2.45, 2.75) is 57.2 Å². The minimum atomic E-state index is -0.828. The summed E-state index contributed by atoms with van der Waals surface area (Å²) in [6, 6.07) is 0.396. The molecule has 0 heterocycles. The molecule has 0 bridgehead atoms. The fourth-order valence-electron chi connectivity index (χ4n) is 2.04. The molecule has 0 aliphatic heterocycles. The number of ether oxygens (including phenoxy) is 1. The van der Waals surface area contributed by atoms with Crippen molar-refractivity contribution < 1.29 is 14.6 Å². The lowest BCUT2D eigenvalue weighted by molar-refractivity contribution is -0.150. The lowest BCUT2D eigenvalue weighted by atomic mass is 9.94. The molecule has 2 aliphatic rings. The molecule has 2 fully saturated rings. The number of carbonyl (C=O) groups is 1. The van der Waals surface area contributed by atoms with Crippen LogP contribution in [0.3, 0.4) is 0 Å². The molecule has 4 heteroatoms. The Balaban J connectivity index is 2.03. The highest BCUT2D eigenvalue weighted by atomic mass is 16.5. The van der Waals surface area contributed by atoms with Gasteiger partial charge in [-0.3, -0.25) is 10.1 Å². The van der Waals surface area contributed by atoms with Gasteiger partial charge < -0.3 is 9.84 Å². The second kappa shape index (κ2) is 4.34. The standard InChI is InChI=1S/C12H21NO3/c1-8(2)16-7-12(11(14)15,9-3-4-9)13-10-5-6-10/h8-10,13H,3-7H2,1-2H3,(H,14,15). The van der Waals surface area contributed by atoms with E-state index in [2.05, 4.69) is 5.32 Å². The first kappa shape index (κ1) is 11.9. The quantitative estimate of drug-likeness (QED) is 0.690. The van der Waals surface area contributed by atoms with E-state index in [1.54, 1.807) is 0 Å². The number of hydrogen-bond donors (Lipinski definition) is 2. The molecule has 92 valence electrons. The number of rotatable bonds is 7. The Morgan fingerprint density at radius 3 is 2.44 bits per heavy atom. The molecule has 0 amide bonds. The Labute approximate surface area is 96.4 Å². The Morgan fingerprint density at radius 1 is 1.44 bits per heavy atom. The molecule has 0 aromatic heterocycles. The van der Waals surface area contributed by atoms with E-state index < -0.39 is 11.5 Å². The highest BCUT2D eigenvalue weighted by molar-refractivity contribution is 5.80. The molecule has 0 aromatic carbocycles. The highest BCUT2D eigenvalue weighted by Gasteiger charge is 2.53. The van der Waals surface area contributed by atoms with E-state index in [-0.39, 0.29) is 12.0 Å². The second-order valence-electron chi connectivity index (χ2n) is 5.33. The molecule has 16 heavy (non-hydrogen) atoms. The molecule has 0 spiro atoms. The summed E-state index contributed by atoms with van der Waals surface area (Å²) in [5.41, 5.74) is -0.828. The average molecular weight is 227 g/mol. The van der Waals surface area contributed by atoms with E-state index in [4.69, 9.17) is 4.74 Å². The van der Waals surface area contributed by atoms with Gasteiger partial charge in [0.05, 0.1) is 12.7 Å². The van der Waals surface area contributed by atoms with Crippen molar-refractivity contribution in [1.82, 2.24) is 5.32 Å². The molecule has 0 saturated heterocycles. The third-order valence-electron chi connectivity index (χ3n) is 3.34. The molecule has 2 rings (SSSR count). The summed E-state index contributed by atoms with van der Waals surface area (Å²) in [6.45, 7) is 4.18. The number of carboxylic acids is 1. The van der Waals surface area contributed by atoms with E-state index in [1.165, 1.54) is 0 Å². The van der Waals surface area contributed by atoms with Gasteiger partial charge in [-0.1, -0.05) is 0 Å². The molecule has 0 aromatic rings. The van der Waals surface area contributed by atoms with Crippen LogP contribution in [0.2, 0.25) is 0 Å². The predicted octanol–water partition coefficient (Wildman–Crippen LogP) is 1.40. The normalized spacial score (nSPS) is 24.4. The van der Waals surface area contributed by atoms with Crippen LogP contribution in [0, 0.1) is 5.92 Å². The average Bonchev–Trinajstić information content (AvgIpc) is 3.02. The van der Waals surface area contributed by atoms with Gasteiger partial charge in [0.15, 0.2) is 0 Å². The van der Waals surface area contributed by atoms with E-state index in [1.807, 2.05) is 13.8 Å². The Hall–Kier alpha value is -0.610. The minimum absolute atomic E-state index is 0.0819. The molecule has 2 saturated carbocycles. The SMILES string of the molecule is CC(C)OCC(NC1CC1)(C(=O)O)C1CC1. The Bertz CT molecular complexity index is 271. The van der Waals surface area contributed by atoms with Crippen molar-refractivity contribution in [3.8, 4) is 0 Å². The van der Waals surface area contributed by atoms with Gasteiger partial charge in [-0.15, -0.1) is 0 Å². The van der Waals surface area contributed by atoms with Crippen molar-refractivity contribution in [2.75, 3.05) is 6.61 Å². The summed E-state index contributed by atoms with van der Waals surface area (Å²) in [7, 11) is 0. The molecule has 2 aliphatic carbocycles. The van der Waals surface area contributed by atoms with Crippen molar-refractivity contribution in [3.63, 3.8) is 0 Å². The van der Waals surface area contributed by atoms with Gasteiger partial charge in [-0.05, 0) is 45.4 Å². The van der Waals surface area contributed by atoms with Gasteiger partial charge in [-0.2, -0.15) is 0 Å². The molecule has 2 N–H and O–H groups in total. The van der Waals surface area contributed by atoms with Crippen LogP contribution in [0.15, 0.2) is 0 Å². The zero-order chi connectivity index (χ0) is 11.8. The Morgan fingerprint density at radius 2 is 2.06 bits per heavy atom.